The maximum Gasteiger partial charge on any atom is 0.277 e. The van der Waals surface area contributed by atoms with E-state index in [0.29, 0.717) is 35.8 Å². The first kappa shape index (κ1) is 27.8. The van der Waals surface area contributed by atoms with Crippen molar-refractivity contribution in [2.24, 2.45) is 18.1 Å². The third-order valence-electron chi connectivity index (χ3n) is 9.91. The van der Waals surface area contributed by atoms with Gasteiger partial charge in [0.15, 0.2) is 0 Å². The van der Waals surface area contributed by atoms with Gasteiger partial charge >= 0.3 is 0 Å². The third kappa shape index (κ3) is 4.79. The van der Waals surface area contributed by atoms with Crippen molar-refractivity contribution >= 4 is 17.2 Å². The predicted octanol–water partition coefficient (Wildman–Crippen LogP) is 3.48. The number of hydrazone groups is 1. The Morgan fingerprint density at radius 2 is 1.88 bits per heavy atom. The van der Waals surface area contributed by atoms with Gasteiger partial charge in [0.05, 0.1) is 48.8 Å². The molecule has 0 saturated carbocycles. The SMILES string of the molecule is C=CCC(F)(F)c1cc2c(cc1-c1cnn(C)c1)N(C)CCN2C1=NN(C2CCN(C3COC3)CC2)C2CCNCC12. The van der Waals surface area contributed by atoms with Crippen LogP contribution < -0.4 is 15.1 Å². The first-order valence-electron chi connectivity index (χ1n) is 15.4. The average molecular weight is 581 g/mol. The number of aryl methyl sites for hydroxylation is 1. The van der Waals surface area contributed by atoms with Crippen LogP contribution in [0, 0.1) is 5.92 Å². The van der Waals surface area contributed by atoms with Crippen molar-refractivity contribution in [3.8, 4) is 11.1 Å². The second-order valence-corrected chi connectivity index (χ2v) is 12.5. The zero-order valence-electron chi connectivity index (χ0n) is 24.7. The number of fused-ring (bicyclic) bond motifs is 2. The molecule has 1 N–H and O–H groups in total. The number of hydrogen-bond donors (Lipinski definition) is 1. The molecule has 3 saturated heterocycles. The number of nitrogens with zero attached hydrogens (tertiary/aromatic N) is 7. The average Bonchev–Trinajstić information content (AvgIpc) is 3.56. The molecule has 0 aliphatic carbocycles. The number of rotatable bonds is 6. The smallest absolute Gasteiger partial charge is 0.277 e. The van der Waals surface area contributed by atoms with Crippen LogP contribution in [-0.4, -0.2) is 103 Å². The fourth-order valence-corrected chi connectivity index (χ4v) is 7.47. The van der Waals surface area contributed by atoms with Crippen LogP contribution >= 0.6 is 0 Å². The van der Waals surface area contributed by atoms with E-state index in [1.807, 2.05) is 20.2 Å². The van der Waals surface area contributed by atoms with Crippen molar-refractivity contribution in [3.05, 3.63) is 42.7 Å². The summed E-state index contributed by atoms with van der Waals surface area (Å²) in [6.45, 7) is 10.8. The summed E-state index contributed by atoms with van der Waals surface area (Å²) >= 11 is 0. The fraction of sp³-hybridized carbons (Fsp3) is 0.613. The van der Waals surface area contributed by atoms with Gasteiger partial charge in [0, 0.05) is 76.6 Å². The van der Waals surface area contributed by atoms with E-state index in [1.54, 1.807) is 23.1 Å². The molecule has 3 fully saturated rings. The lowest BCUT2D eigenvalue weighted by Gasteiger charge is -2.44. The van der Waals surface area contributed by atoms with Crippen molar-refractivity contribution < 1.29 is 13.5 Å². The molecule has 0 radical (unpaired) electrons. The number of aromatic nitrogens is 2. The minimum absolute atomic E-state index is 0.00979. The topological polar surface area (TPSA) is 64.4 Å². The van der Waals surface area contributed by atoms with Gasteiger partial charge in [-0.05, 0) is 43.5 Å². The molecule has 2 aromatic rings. The van der Waals surface area contributed by atoms with Gasteiger partial charge in [0.1, 0.15) is 5.84 Å². The second kappa shape index (κ2) is 10.9. The van der Waals surface area contributed by atoms with Gasteiger partial charge in [-0.2, -0.15) is 10.2 Å². The van der Waals surface area contributed by atoms with E-state index in [1.165, 1.54) is 6.08 Å². The van der Waals surface area contributed by atoms with E-state index in [2.05, 4.69) is 36.7 Å². The first-order chi connectivity index (χ1) is 20.3. The Hall–Kier alpha value is -3.02. The Bertz CT molecular complexity index is 1350. The maximum atomic E-state index is 15.8. The lowest BCUT2D eigenvalue weighted by molar-refractivity contribution is -0.0778. The van der Waals surface area contributed by atoms with E-state index in [4.69, 9.17) is 9.84 Å². The van der Waals surface area contributed by atoms with Crippen LogP contribution in [0.2, 0.25) is 0 Å². The predicted molar refractivity (Wildman–Crippen MR) is 161 cm³/mol. The van der Waals surface area contributed by atoms with E-state index in [9.17, 15) is 0 Å². The summed E-state index contributed by atoms with van der Waals surface area (Å²) < 4.78 is 38.7. The van der Waals surface area contributed by atoms with Crippen LogP contribution in [0.3, 0.4) is 0 Å². The molecule has 0 amide bonds. The summed E-state index contributed by atoms with van der Waals surface area (Å²) in [6.07, 6.45) is 7.57. The second-order valence-electron chi connectivity index (χ2n) is 12.5. The zero-order chi connectivity index (χ0) is 29.0. The standard InChI is InChI=1S/C31H42F2N8O/c1-4-8-31(32,33)26-15-29-28(14-24(26)21-16-35-38(3)18-21)37(2)12-13-40(29)30-25-17-34-9-5-27(25)41(36-30)22-6-10-39(11-7-22)23-19-42-20-23/h4,14-16,18,22-23,25,27,34H,1,5-13,17,19-20H2,2-3H3. The molecule has 5 aliphatic rings. The Kier molecular flexibility index (Phi) is 7.22. The number of hydrogen-bond acceptors (Lipinski definition) is 8. The molecule has 1 aromatic carbocycles. The van der Waals surface area contributed by atoms with Crippen LogP contribution in [0.1, 0.15) is 31.2 Å². The van der Waals surface area contributed by atoms with E-state index in [0.717, 1.165) is 82.4 Å². The van der Waals surface area contributed by atoms with Crippen molar-refractivity contribution in [2.75, 3.05) is 69.3 Å². The van der Waals surface area contributed by atoms with Crippen molar-refractivity contribution in [2.45, 2.75) is 49.7 Å². The molecule has 6 heterocycles. The molecule has 2 atom stereocenters. The van der Waals surface area contributed by atoms with Gasteiger partial charge in [0.25, 0.3) is 5.92 Å². The Labute approximate surface area is 246 Å². The molecule has 1 aromatic heterocycles. The highest BCUT2D eigenvalue weighted by Gasteiger charge is 2.46. The number of allylic oxidation sites excluding steroid dienone is 1. The van der Waals surface area contributed by atoms with Crippen LogP contribution in [0.25, 0.3) is 11.1 Å². The minimum atomic E-state index is -3.07. The lowest BCUT2D eigenvalue weighted by Crippen LogP contribution is -2.56. The number of anilines is 2. The molecule has 7 rings (SSSR count). The molecule has 9 nitrogen and oxygen atoms in total. The van der Waals surface area contributed by atoms with Gasteiger partial charge in [-0.15, -0.1) is 6.58 Å². The molecule has 2 unspecified atom stereocenters. The fourth-order valence-electron chi connectivity index (χ4n) is 7.47. The third-order valence-corrected chi connectivity index (χ3v) is 9.91. The highest BCUT2D eigenvalue weighted by molar-refractivity contribution is 6.04. The quantitative estimate of drug-likeness (QED) is 0.525. The number of likely N-dealkylation sites (N-methyl/N-ethyl adjacent to an activating group) is 1. The van der Waals surface area contributed by atoms with Crippen LogP contribution in [-0.2, 0) is 17.7 Å². The lowest BCUT2D eigenvalue weighted by atomic mass is 9.89. The van der Waals surface area contributed by atoms with Gasteiger partial charge < -0.3 is 19.9 Å². The summed E-state index contributed by atoms with van der Waals surface area (Å²) in [7, 11) is 3.85. The highest BCUT2D eigenvalue weighted by Crippen LogP contribution is 2.47. The molecule has 226 valence electrons. The monoisotopic (exact) mass is 580 g/mol. The first-order valence-corrected chi connectivity index (χ1v) is 15.4. The summed E-state index contributed by atoms with van der Waals surface area (Å²) in [6, 6.07) is 4.95. The highest BCUT2D eigenvalue weighted by atomic mass is 19.3. The van der Waals surface area contributed by atoms with Gasteiger partial charge in [-0.25, -0.2) is 8.78 Å². The summed E-state index contributed by atoms with van der Waals surface area (Å²) in [4.78, 5) is 6.98. The number of likely N-dealkylation sites (tertiary alicyclic amines) is 1. The molecular weight excluding hydrogens is 538 g/mol. The van der Waals surface area contributed by atoms with Crippen LogP contribution in [0.15, 0.2) is 42.3 Å². The molecular formula is C31H42F2N8O. The number of nitrogens with one attached hydrogen (secondary N) is 1. The largest absolute Gasteiger partial charge is 0.378 e. The number of halogens is 2. The Balaban J connectivity index is 1.26. The van der Waals surface area contributed by atoms with E-state index in [-0.39, 0.29) is 11.5 Å². The summed E-state index contributed by atoms with van der Waals surface area (Å²) in [5, 5.41) is 15.7. The molecule has 11 heteroatoms. The number of piperidine rings is 2. The van der Waals surface area contributed by atoms with Crippen molar-refractivity contribution in [1.29, 1.82) is 0 Å². The van der Waals surface area contributed by atoms with E-state index >= 15 is 8.78 Å². The van der Waals surface area contributed by atoms with Crippen LogP contribution in [0.4, 0.5) is 20.2 Å². The van der Waals surface area contributed by atoms with Crippen LogP contribution in [0.5, 0.6) is 0 Å². The van der Waals surface area contributed by atoms with Gasteiger partial charge in [0.2, 0.25) is 0 Å². The number of alkyl halides is 2. The van der Waals surface area contributed by atoms with Gasteiger partial charge in [-0.1, -0.05) is 6.08 Å². The van der Waals surface area contributed by atoms with Crippen molar-refractivity contribution in [1.82, 2.24) is 25.0 Å². The Morgan fingerprint density at radius 3 is 2.57 bits per heavy atom. The Morgan fingerprint density at radius 1 is 1.07 bits per heavy atom. The summed E-state index contributed by atoms with van der Waals surface area (Å²) in [5.41, 5.74) is 2.95. The van der Waals surface area contributed by atoms with E-state index < -0.39 is 12.3 Å². The molecule has 0 bridgehead atoms. The van der Waals surface area contributed by atoms with Crippen molar-refractivity contribution in [3.63, 3.8) is 0 Å². The number of ether oxygens (including phenoxy) is 1. The maximum absolute atomic E-state index is 15.8. The number of amidine groups is 1. The minimum Gasteiger partial charge on any atom is -0.378 e. The summed E-state index contributed by atoms with van der Waals surface area (Å²) in [5.74, 6) is -1.83. The number of benzene rings is 1. The molecule has 5 aliphatic heterocycles. The zero-order valence-corrected chi connectivity index (χ0v) is 24.7. The molecule has 42 heavy (non-hydrogen) atoms. The van der Waals surface area contributed by atoms with Gasteiger partial charge in [-0.3, -0.25) is 14.6 Å². The normalized spacial score (nSPS) is 25.7. The molecule has 0 spiro atoms.